The zero-order valence-corrected chi connectivity index (χ0v) is 36.9. The van der Waals surface area contributed by atoms with Crippen molar-refractivity contribution < 1.29 is 0 Å². The molecule has 4 aliphatic heterocycles. The molecule has 0 aromatic heterocycles. The molecule has 0 spiro atoms. The summed E-state index contributed by atoms with van der Waals surface area (Å²) < 4.78 is 0.251. The average Bonchev–Trinajstić information content (AvgIpc) is 3.67. The summed E-state index contributed by atoms with van der Waals surface area (Å²) in [5.41, 5.74) is 15.6. The van der Waals surface area contributed by atoms with E-state index in [1.165, 1.54) is 38.9 Å². The highest BCUT2D eigenvalue weighted by molar-refractivity contribution is 8.08. The van der Waals surface area contributed by atoms with Gasteiger partial charge >= 0.3 is 0 Å². The maximum absolute atomic E-state index is 3.85. The normalized spacial score (nSPS) is 28.4. The summed E-state index contributed by atoms with van der Waals surface area (Å²) in [5.74, 6) is 0. The van der Waals surface area contributed by atoms with E-state index in [9.17, 15) is 0 Å². The number of thioether (sulfide) groups is 1. The predicted molar refractivity (Wildman–Crippen MR) is 230 cm³/mol. The Bertz CT molecular complexity index is 1890. The zero-order valence-electron chi connectivity index (χ0n) is 36.1. The van der Waals surface area contributed by atoms with Crippen LogP contribution in [0.15, 0.2) is 48.5 Å². The van der Waals surface area contributed by atoms with Crippen molar-refractivity contribution in [2.75, 3.05) is 26.7 Å². The van der Waals surface area contributed by atoms with Crippen molar-refractivity contribution in [3.63, 3.8) is 0 Å². The van der Waals surface area contributed by atoms with Crippen LogP contribution < -0.4 is 5.32 Å². The van der Waals surface area contributed by atoms with Crippen molar-refractivity contribution in [2.45, 2.75) is 172 Å². The number of benzene rings is 3. The standard InChI is InChI=1S/C49H71N3S/c1-31(2)52-27-35-20-36(18-19-39(35)47(11,12)30-52)45(7,8)25-43-38-21-34(40(44(4,5)6)23-42(38)46(9,10)29-51(43)15)24-48(13)28-50-26-33-16-17-37(22-41(33)48)49(14)32(3)53-49/h16-23,31-32,43,50H,24-30H2,1-15H3/t32-,43?,48?,49?/m0/s1. The molecule has 0 amide bonds. The van der Waals surface area contributed by atoms with Crippen LogP contribution in [0.2, 0.25) is 0 Å². The van der Waals surface area contributed by atoms with E-state index in [4.69, 9.17) is 0 Å². The molecule has 1 saturated heterocycles. The van der Waals surface area contributed by atoms with Gasteiger partial charge in [-0.15, -0.1) is 11.8 Å². The molecule has 0 bridgehead atoms. The van der Waals surface area contributed by atoms with Crippen molar-refractivity contribution in [1.29, 1.82) is 0 Å². The molecule has 4 heteroatoms. The molecule has 4 atom stereocenters. The minimum atomic E-state index is 0.0164. The van der Waals surface area contributed by atoms with Gasteiger partial charge in [0, 0.05) is 71.0 Å². The highest BCUT2D eigenvalue weighted by atomic mass is 32.2. The summed E-state index contributed by atoms with van der Waals surface area (Å²) in [6.45, 7) is 39.4. The Labute approximate surface area is 328 Å². The zero-order chi connectivity index (χ0) is 38.7. The van der Waals surface area contributed by atoms with Crippen LogP contribution in [0.5, 0.6) is 0 Å². The Morgan fingerprint density at radius 3 is 2.15 bits per heavy atom. The van der Waals surface area contributed by atoms with E-state index in [2.05, 4.69) is 179 Å². The van der Waals surface area contributed by atoms with E-state index in [1.807, 2.05) is 0 Å². The van der Waals surface area contributed by atoms with Crippen LogP contribution in [0.3, 0.4) is 0 Å². The molecule has 53 heavy (non-hydrogen) atoms. The molecule has 1 fully saturated rings. The first kappa shape index (κ1) is 39.1. The lowest BCUT2D eigenvalue weighted by molar-refractivity contribution is 0.147. The maximum atomic E-state index is 3.85. The first-order valence-corrected chi connectivity index (χ1v) is 21.6. The summed E-state index contributed by atoms with van der Waals surface area (Å²) in [7, 11) is 2.39. The topological polar surface area (TPSA) is 18.5 Å². The second-order valence-electron chi connectivity index (χ2n) is 21.6. The van der Waals surface area contributed by atoms with E-state index >= 15 is 0 Å². The Balaban J connectivity index is 1.29. The molecular formula is C49H71N3S. The second-order valence-corrected chi connectivity index (χ2v) is 23.4. The molecule has 3 nitrogen and oxygen atoms in total. The van der Waals surface area contributed by atoms with Crippen LogP contribution in [0.4, 0.5) is 0 Å². The van der Waals surface area contributed by atoms with Crippen LogP contribution in [0.25, 0.3) is 0 Å². The lowest BCUT2D eigenvalue weighted by Crippen LogP contribution is -2.46. The van der Waals surface area contributed by atoms with Gasteiger partial charge in [-0.05, 0) is 107 Å². The van der Waals surface area contributed by atoms with Gasteiger partial charge in [-0.3, -0.25) is 9.80 Å². The van der Waals surface area contributed by atoms with E-state index in [0.29, 0.717) is 17.3 Å². The van der Waals surface area contributed by atoms with Crippen LogP contribution in [0, 0.1) is 0 Å². The predicted octanol–water partition coefficient (Wildman–Crippen LogP) is 11.1. The first-order valence-electron chi connectivity index (χ1n) is 20.7. The highest BCUT2D eigenvalue weighted by Gasteiger charge is 2.50. The third-order valence-corrected chi connectivity index (χ3v) is 15.9. The van der Waals surface area contributed by atoms with E-state index in [0.717, 1.165) is 45.6 Å². The van der Waals surface area contributed by atoms with Crippen molar-refractivity contribution >= 4 is 11.8 Å². The third kappa shape index (κ3) is 7.00. The fraction of sp³-hybridized carbons (Fsp3) is 0.633. The summed E-state index contributed by atoms with van der Waals surface area (Å²) in [6.07, 6.45) is 2.14. The highest BCUT2D eigenvalue weighted by Crippen LogP contribution is 2.61. The Hall–Kier alpha value is -2.11. The molecule has 3 aromatic carbocycles. The molecule has 3 unspecified atom stereocenters. The fourth-order valence-corrected chi connectivity index (χ4v) is 11.8. The fourth-order valence-electron chi connectivity index (χ4n) is 10.7. The molecule has 4 heterocycles. The third-order valence-electron chi connectivity index (χ3n) is 14.3. The lowest BCUT2D eigenvalue weighted by Gasteiger charge is -2.47. The number of hydrogen-bond donors (Lipinski definition) is 1. The molecule has 0 saturated carbocycles. The van der Waals surface area contributed by atoms with Gasteiger partial charge in [-0.25, -0.2) is 0 Å². The van der Waals surface area contributed by atoms with Gasteiger partial charge < -0.3 is 5.32 Å². The van der Waals surface area contributed by atoms with Crippen LogP contribution in [0.1, 0.15) is 165 Å². The molecule has 0 aliphatic carbocycles. The van der Waals surface area contributed by atoms with Crippen molar-refractivity contribution in [3.8, 4) is 0 Å². The second kappa shape index (κ2) is 13.0. The van der Waals surface area contributed by atoms with Crippen LogP contribution >= 0.6 is 11.8 Å². The Morgan fingerprint density at radius 1 is 0.830 bits per heavy atom. The summed E-state index contributed by atoms with van der Waals surface area (Å²) in [6, 6.07) is 21.2. The van der Waals surface area contributed by atoms with Gasteiger partial charge in [0.2, 0.25) is 0 Å². The van der Waals surface area contributed by atoms with Gasteiger partial charge in [0.25, 0.3) is 0 Å². The van der Waals surface area contributed by atoms with Gasteiger partial charge in [0.1, 0.15) is 0 Å². The van der Waals surface area contributed by atoms with Crippen molar-refractivity contribution in [3.05, 3.63) is 104 Å². The first-order chi connectivity index (χ1) is 24.4. The number of nitrogens with zero attached hydrogens (tertiary/aromatic N) is 2. The minimum absolute atomic E-state index is 0.0164. The summed E-state index contributed by atoms with van der Waals surface area (Å²) >= 11 is 2.11. The number of hydrogen-bond acceptors (Lipinski definition) is 4. The van der Waals surface area contributed by atoms with E-state index in [1.54, 1.807) is 16.7 Å². The molecule has 0 radical (unpaired) electrons. The maximum Gasteiger partial charge on any atom is 0.0499 e. The largest absolute Gasteiger partial charge is 0.312 e. The molecule has 4 aliphatic rings. The Morgan fingerprint density at radius 2 is 1.51 bits per heavy atom. The van der Waals surface area contributed by atoms with Crippen molar-refractivity contribution in [1.82, 2.24) is 15.1 Å². The number of fused-ring (bicyclic) bond motifs is 3. The number of nitrogens with one attached hydrogen (secondary N) is 1. The average molecular weight is 734 g/mol. The van der Waals surface area contributed by atoms with Gasteiger partial charge in [-0.2, -0.15) is 0 Å². The van der Waals surface area contributed by atoms with Gasteiger partial charge in [-0.1, -0.05) is 125 Å². The SMILES string of the molecule is CC(C)N1Cc2cc(C(C)(C)CC3c4cc(CC5(C)CNCc6ccc(C7(C)S[C@H]7C)cc65)c(C(C)(C)C)cc4C(C)(C)CN3C)ccc2C(C)(C)C1. The van der Waals surface area contributed by atoms with Crippen molar-refractivity contribution in [2.24, 2.45) is 0 Å². The minimum Gasteiger partial charge on any atom is -0.312 e. The molecule has 288 valence electrons. The molecule has 3 aromatic rings. The van der Waals surface area contributed by atoms with Crippen LogP contribution in [-0.4, -0.2) is 47.8 Å². The molecule has 1 N–H and O–H groups in total. The number of rotatable bonds is 7. The molecule has 7 rings (SSSR count). The van der Waals surface area contributed by atoms with E-state index in [-0.39, 0.29) is 31.8 Å². The lowest BCUT2D eigenvalue weighted by atomic mass is 9.66. The van der Waals surface area contributed by atoms with Gasteiger partial charge in [0.05, 0.1) is 0 Å². The van der Waals surface area contributed by atoms with E-state index < -0.39 is 0 Å². The number of likely N-dealkylation sites (N-methyl/N-ethyl adjacent to an activating group) is 1. The molecular weight excluding hydrogens is 663 g/mol. The van der Waals surface area contributed by atoms with Gasteiger partial charge in [0.15, 0.2) is 0 Å². The summed E-state index contributed by atoms with van der Waals surface area (Å²) in [5, 5.41) is 4.54. The summed E-state index contributed by atoms with van der Waals surface area (Å²) in [4.78, 5) is 5.35. The van der Waals surface area contributed by atoms with Crippen LogP contribution in [-0.2, 0) is 51.3 Å². The Kier molecular flexibility index (Phi) is 9.58. The quantitative estimate of drug-likeness (QED) is 0.244. The monoisotopic (exact) mass is 734 g/mol. The smallest absolute Gasteiger partial charge is 0.0499 e.